The number of likely N-dealkylation sites (N-methyl/N-ethyl adjacent to an activating group) is 1. The van der Waals surface area contributed by atoms with Crippen LogP contribution in [0.25, 0.3) is 11.1 Å². The number of hydrogen-bond donors (Lipinski definition) is 0. The van der Waals surface area contributed by atoms with Crippen LogP contribution >= 0.6 is 0 Å². The Morgan fingerprint density at radius 1 is 0.867 bits per heavy atom. The lowest BCUT2D eigenvalue weighted by Gasteiger charge is -2.37. The summed E-state index contributed by atoms with van der Waals surface area (Å²) < 4.78 is 29.1. The van der Waals surface area contributed by atoms with Gasteiger partial charge in [-0.05, 0) is 55.3 Å². The first-order valence-electron chi connectivity index (χ1n) is 10.4. The Bertz CT molecular complexity index is 1050. The number of hydrogen-bond acceptors (Lipinski definition) is 3. The van der Waals surface area contributed by atoms with Gasteiger partial charge in [-0.15, -0.1) is 0 Å². The molecule has 1 atom stereocenters. The fourth-order valence-electron chi connectivity index (χ4n) is 4.13. The highest BCUT2D eigenvalue weighted by Crippen LogP contribution is 2.27. The van der Waals surface area contributed by atoms with E-state index in [0.29, 0.717) is 11.4 Å². The molecule has 4 nitrogen and oxygen atoms in total. The van der Waals surface area contributed by atoms with Crippen LogP contribution in [0.2, 0.25) is 0 Å². The van der Waals surface area contributed by atoms with Crippen LogP contribution in [0.3, 0.4) is 0 Å². The summed E-state index contributed by atoms with van der Waals surface area (Å²) in [4.78, 5) is 2.58. The molecule has 0 saturated carbocycles. The minimum Gasteiger partial charge on any atom is -0.305 e. The lowest BCUT2D eigenvalue weighted by atomic mass is 10.1. The van der Waals surface area contributed by atoms with Crippen molar-refractivity contribution in [3.63, 3.8) is 0 Å². The first-order chi connectivity index (χ1) is 14.5. The van der Waals surface area contributed by atoms with E-state index in [2.05, 4.69) is 11.9 Å². The van der Waals surface area contributed by atoms with Gasteiger partial charge in [-0.25, -0.2) is 8.42 Å². The third-order valence-electron chi connectivity index (χ3n) is 5.76. The molecule has 5 heteroatoms. The maximum absolute atomic E-state index is 13.7. The molecule has 0 N–H and O–H groups in total. The number of likely N-dealkylation sites (tertiary alicyclic amines) is 1. The van der Waals surface area contributed by atoms with Gasteiger partial charge in [0.1, 0.15) is 0 Å². The summed E-state index contributed by atoms with van der Waals surface area (Å²) in [5.41, 5.74) is 3.10. The third kappa shape index (κ3) is 4.64. The number of sulfonamides is 1. The van der Waals surface area contributed by atoms with Crippen LogP contribution in [0.5, 0.6) is 0 Å². The van der Waals surface area contributed by atoms with Gasteiger partial charge in [0.15, 0.2) is 0 Å². The normalized spacial score (nSPS) is 17.9. The quantitative estimate of drug-likeness (QED) is 0.583. The predicted octanol–water partition coefficient (Wildman–Crippen LogP) is 4.64. The van der Waals surface area contributed by atoms with Crippen LogP contribution in [0, 0.1) is 0 Å². The summed E-state index contributed by atoms with van der Waals surface area (Å²) in [5, 5.41) is 0. The molecule has 0 spiro atoms. The molecule has 4 rings (SSSR count). The summed E-state index contributed by atoms with van der Waals surface area (Å²) >= 11 is 0. The van der Waals surface area contributed by atoms with E-state index >= 15 is 0 Å². The van der Waals surface area contributed by atoms with Crippen molar-refractivity contribution in [2.45, 2.75) is 30.3 Å². The SMILES string of the molecule is CN1CCCC(N(Cc2ccccc2)S(=O)(=O)c2ccc(-c3ccccc3)cc2)C1. The van der Waals surface area contributed by atoms with Gasteiger partial charge >= 0.3 is 0 Å². The number of benzene rings is 3. The molecule has 1 heterocycles. The van der Waals surface area contributed by atoms with Crippen LogP contribution < -0.4 is 0 Å². The van der Waals surface area contributed by atoms with E-state index in [4.69, 9.17) is 0 Å². The Morgan fingerprint density at radius 3 is 2.10 bits per heavy atom. The van der Waals surface area contributed by atoms with Gasteiger partial charge in [0.2, 0.25) is 10.0 Å². The van der Waals surface area contributed by atoms with Gasteiger partial charge in [0.05, 0.1) is 4.90 Å². The first-order valence-corrected chi connectivity index (χ1v) is 11.9. The van der Waals surface area contributed by atoms with Crippen LogP contribution in [-0.2, 0) is 16.6 Å². The Hall–Kier alpha value is -2.47. The topological polar surface area (TPSA) is 40.6 Å². The molecule has 1 aliphatic heterocycles. The van der Waals surface area contributed by atoms with Crippen molar-refractivity contribution in [2.75, 3.05) is 20.1 Å². The van der Waals surface area contributed by atoms with Crippen LogP contribution in [-0.4, -0.2) is 43.8 Å². The van der Waals surface area contributed by atoms with Crippen molar-refractivity contribution in [3.8, 4) is 11.1 Å². The highest BCUT2D eigenvalue weighted by atomic mass is 32.2. The molecule has 0 amide bonds. The standard InChI is InChI=1S/C25H28N2O2S/c1-26-18-8-13-24(20-26)27(19-21-9-4-2-5-10-21)30(28,29)25-16-14-23(15-17-25)22-11-6-3-7-12-22/h2-7,9-12,14-17,24H,8,13,18-20H2,1H3. The van der Waals surface area contributed by atoms with E-state index in [1.807, 2.05) is 72.8 Å². The van der Waals surface area contributed by atoms with E-state index in [1.54, 1.807) is 16.4 Å². The van der Waals surface area contributed by atoms with Gasteiger partial charge in [0.25, 0.3) is 0 Å². The predicted molar refractivity (Wildman–Crippen MR) is 122 cm³/mol. The molecule has 30 heavy (non-hydrogen) atoms. The van der Waals surface area contributed by atoms with Gasteiger partial charge in [-0.2, -0.15) is 4.31 Å². The second-order valence-electron chi connectivity index (χ2n) is 7.98. The molecule has 3 aromatic carbocycles. The average Bonchev–Trinajstić information content (AvgIpc) is 2.79. The molecule has 1 unspecified atom stereocenters. The van der Waals surface area contributed by atoms with Crippen molar-refractivity contribution in [2.24, 2.45) is 0 Å². The summed E-state index contributed by atoms with van der Waals surface area (Å²) in [7, 11) is -1.55. The van der Waals surface area contributed by atoms with Crippen LogP contribution in [0.1, 0.15) is 18.4 Å². The largest absolute Gasteiger partial charge is 0.305 e. The second-order valence-corrected chi connectivity index (χ2v) is 9.88. The molecule has 0 bridgehead atoms. The maximum Gasteiger partial charge on any atom is 0.243 e. The molecule has 1 saturated heterocycles. The minimum absolute atomic E-state index is 0.0252. The molecule has 0 aromatic heterocycles. The summed E-state index contributed by atoms with van der Waals surface area (Å²) in [6.45, 7) is 2.16. The molecular weight excluding hydrogens is 392 g/mol. The first kappa shape index (κ1) is 20.8. The Kier molecular flexibility index (Phi) is 6.32. The molecule has 0 radical (unpaired) electrons. The van der Waals surface area contributed by atoms with Crippen molar-refractivity contribution < 1.29 is 8.42 Å². The van der Waals surface area contributed by atoms with Crippen molar-refractivity contribution in [1.29, 1.82) is 0 Å². The smallest absolute Gasteiger partial charge is 0.243 e. The zero-order valence-electron chi connectivity index (χ0n) is 17.3. The zero-order chi connectivity index (χ0) is 21.0. The third-order valence-corrected chi connectivity index (χ3v) is 7.67. The fourth-order valence-corrected chi connectivity index (χ4v) is 5.77. The van der Waals surface area contributed by atoms with E-state index in [9.17, 15) is 8.42 Å². The molecule has 0 aliphatic carbocycles. The minimum atomic E-state index is -3.61. The lowest BCUT2D eigenvalue weighted by Crippen LogP contribution is -2.48. The van der Waals surface area contributed by atoms with E-state index < -0.39 is 10.0 Å². The second kappa shape index (κ2) is 9.13. The molecular formula is C25H28N2O2S. The van der Waals surface area contributed by atoms with Gasteiger partial charge < -0.3 is 4.90 Å². The maximum atomic E-state index is 13.7. The van der Waals surface area contributed by atoms with Crippen molar-refractivity contribution in [1.82, 2.24) is 9.21 Å². The monoisotopic (exact) mass is 420 g/mol. The number of piperidine rings is 1. The zero-order valence-corrected chi connectivity index (χ0v) is 18.1. The summed E-state index contributed by atoms with van der Waals surface area (Å²) in [6.07, 6.45) is 1.90. The van der Waals surface area contributed by atoms with Gasteiger partial charge in [-0.3, -0.25) is 0 Å². The number of rotatable bonds is 6. The van der Waals surface area contributed by atoms with Gasteiger partial charge in [0, 0.05) is 19.1 Å². The molecule has 156 valence electrons. The average molecular weight is 421 g/mol. The summed E-state index contributed by atoms with van der Waals surface area (Å²) in [6, 6.07) is 27.1. The lowest BCUT2D eigenvalue weighted by molar-refractivity contribution is 0.169. The fraction of sp³-hybridized carbons (Fsp3) is 0.280. The highest BCUT2D eigenvalue weighted by Gasteiger charge is 2.33. The van der Waals surface area contributed by atoms with Crippen LogP contribution in [0.15, 0.2) is 89.8 Å². The molecule has 1 aliphatic rings. The van der Waals surface area contributed by atoms with E-state index in [-0.39, 0.29) is 6.04 Å². The molecule has 3 aromatic rings. The highest BCUT2D eigenvalue weighted by molar-refractivity contribution is 7.89. The Balaban J connectivity index is 1.66. The van der Waals surface area contributed by atoms with Gasteiger partial charge in [-0.1, -0.05) is 72.8 Å². The Morgan fingerprint density at radius 2 is 1.47 bits per heavy atom. The van der Waals surface area contributed by atoms with E-state index in [0.717, 1.165) is 42.6 Å². The van der Waals surface area contributed by atoms with E-state index in [1.165, 1.54) is 0 Å². The molecule has 1 fully saturated rings. The van der Waals surface area contributed by atoms with Crippen LogP contribution in [0.4, 0.5) is 0 Å². The Labute approximate surface area is 179 Å². The van der Waals surface area contributed by atoms with Crippen molar-refractivity contribution >= 4 is 10.0 Å². The summed E-state index contributed by atoms with van der Waals surface area (Å²) in [5.74, 6) is 0. The van der Waals surface area contributed by atoms with Crippen molar-refractivity contribution in [3.05, 3.63) is 90.5 Å². The number of nitrogens with zero attached hydrogens (tertiary/aromatic N) is 2.